The molecule has 0 aromatic heterocycles. The molecule has 0 aliphatic carbocycles. The number of amides is 2. The average molecular weight is 281 g/mol. The zero-order valence-corrected chi connectivity index (χ0v) is 11.0. The summed E-state index contributed by atoms with van der Waals surface area (Å²) in [7, 11) is 0. The van der Waals surface area contributed by atoms with Gasteiger partial charge in [0.2, 0.25) is 5.91 Å². The van der Waals surface area contributed by atoms with E-state index in [1.54, 1.807) is 0 Å². The molecular weight excluding hydrogens is 262 g/mol. The van der Waals surface area contributed by atoms with Crippen LogP contribution in [0.1, 0.15) is 5.56 Å². The first-order valence-corrected chi connectivity index (χ1v) is 6.20. The predicted octanol–water partition coefficient (Wildman–Crippen LogP) is -0.398. The third-order valence-electron chi connectivity index (χ3n) is 2.70. The van der Waals surface area contributed by atoms with Gasteiger partial charge in [0, 0.05) is 19.6 Å². The highest BCUT2D eigenvalue weighted by atomic mass is 16.4. The van der Waals surface area contributed by atoms with Crippen molar-refractivity contribution in [1.82, 2.24) is 10.2 Å². The zero-order valence-electron chi connectivity index (χ0n) is 11.0. The number of carbonyl (C=O) groups excluding carboxylic acids is 1. The summed E-state index contributed by atoms with van der Waals surface area (Å²) >= 11 is 0. The van der Waals surface area contributed by atoms with Crippen LogP contribution in [0.15, 0.2) is 30.3 Å². The molecule has 7 heteroatoms. The molecule has 0 saturated carbocycles. The lowest BCUT2D eigenvalue weighted by molar-refractivity contribution is -0.123. The largest absolute Gasteiger partial charge is 0.465 e. The topological polar surface area (TPSA) is 116 Å². The van der Waals surface area contributed by atoms with Crippen molar-refractivity contribution in [2.45, 2.75) is 12.6 Å². The molecule has 0 spiro atoms. The normalized spacial score (nSPS) is 11.7. The van der Waals surface area contributed by atoms with Crippen LogP contribution < -0.4 is 11.1 Å². The molecule has 7 nitrogen and oxygen atoms in total. The van der Waals surface area contributed by atoms with Crippen molar-refractivity contribution in [2.75, 3.05) is 19.7 Å². The fourth-order valence-electron chi connectivity index (χ4n) is 1.57. The molecule has 0 saturated heterocycles. The van der Waals surface area contributed by atoms with Crippen molar-refractivity contribution < 1.29 is 19.8 Å². The summed E-state index contributed by atoms with van der Waals surface area (Å²) in [4.78, 5) is 23.6. The lowest BCUT2D eigenvalue weighted by Crippen LogP contribution is -2.45. The van der Waals surface area contributed by atoms with E-state index in [2.05, 4.69) is 5.32 Å². The smallest absolute Gasteiger partial charge is 0.407 e. The van der Waals surface area contributed by atoms with Crippen LogP contribution in [-0.4, -0.2) is 52.9 Å². The summed E-state index contributed by atoms with van der Waals surface area (Å²) in [5.74, 6) is -0.502. The highest BCUT2D eigenvalue weighted by Crippen LogP contribution is 2.04. The van der Waals surface area contributed by atoms with Crippen LogP contribution in [0, 0.1) is 0 Å². The minimum Gasteiger partial charge on any atom is -0.465 e. The lowest BCUT2D eigenvalue weighted by Gasteiger charge is -2.20. The summed E-state index contributed by atoms with van der Waals surface area (Å²) < 4.78 is 0. The Labute approximate surface area is 117 Å². The maximum atomic E-state index is 11.3. The Morgan fingerprint density at radius 1 is 1.30 bits per heavy atom. The van der Waals surface area contributed by atoms with E-state index in [1.807, 2.05) is 30.3 Å². The van der Waals surface area contributed by atoms with Crippen LogP contribution in [0.3, 0.4) is 0 Å². The van der Waals surface area contributed by atoms with Crippen molar-refractivity contribution in [3.63, 3.8) is 0 Å². The second-order valence-electron chi connectivity index (χ2n) is 4.27. The van der Waals surface area contributed by atoms with E-state index in [0.717, 1.165) is 5.56 Å². The minimum absolute atomic E-state index is 0.145. The molecular formula is C13H19N3O4. The first-order chi connectivity index (χ1) is 9.54. The maximum Gasteiger partial charge on any atom is 0.407 e. The molecule has 0 heterocycles. The van der Waals surface area contributed by atoms with E-state index >= 15 is 0 Å². The number of hydrogen-bond donors (Lipinski definition) is 4. The SMILES string of the molecule is NC(CO)C(=O)NCCN(Cc1ccccc1)C(=O)O. The third kappa shape index (κ3) is 5.25. The Bertz CT molecular complexity index is 439. The third-order valence-corrected chi connectivity index (χ3v) is 2.70. The van der Waals surface area contributed by atoms with E-state index in [1.165, 1.54) is 4.90 Å². The first kappa shape index (κ1) is 15.9. The lowest BCUT2D eigenvalue weighted by atomic mass is 10.2. The molecule has 20 heavy (non-hydrogen) atoms. The molecule has 1 rings (SSSR count). The molecule has 0 aliphatic heterocycles. The van der Waals surface area contributed by atoms with Gasteiger partial charge >= 0.3 is 6.09 Å². The molecule has 0 fully saturated rings. The van der Waals surface area contributed by atoms with Crippen molar-refractivity contribution >= 4 is 12.0 Å². The summed E-state index contributed by atoms with van der Waals surface area (Å²) in [5, 5.41) is 20.3. The van der Waals surface area contributed by atoms with Gasteiger partial charge in [-0.3, -0.25) is 4.79 Å². The van der Waals surface area contributed by atoms with Crippen molar-refractivity contribution in [2.24, 2.45) is 5.73 Å². The molecule has 1 aromatic rings. The minimum atomic E-state index is -1.06. The standard InChI is InChI=1S/C13H19N3O4/c14-11(9-17)12(18)15-6-7-16(13(19)20)8-10-4-2-1-3-5-10/h1-5,11,17H,6-9,14H2,(H,15,18)(H,19,20). The molecule has 1 atom stereocenters. The monoisotopic (exact) mass is 281 g/mol. The first-order valence-electron chi connectivity index (χ1n) is 6.20. The van der Waals surface area contributed by atoms with Gasteiger partial charge in [-0.2, -0.15) is 0 Å². The summed E-state index contributed by atoms with van der Waals surface area (Å²) in [6.45, 7) is 0.0936. The Kier molecular flexibility index (Phi) is 6.48. The zero-order chi connectivity index (χ0) is 15.0. The molecule has 1 aromatic carbocycles. The second-order valence-corrected chi connectivity index (χ2v) is 4.27. The quantitative estimate of drug-likeness (QED) is 0.543. The van der Waals surface area contributed by atoms with Gasteiger partial charge in [-0.1, -0.05) is 30.3 Å². The van der Waals surface area contributed by atoms with E-state index in [-0.39, 0.29) is 19.6 Å². The number of aliphatic hydroxyl groups is 1. The molecule has 0 radical (unpaired) electrons. The maximum absolute atomic E-state index is 11.3. The van der Waals surface area contributed by atoms with Crippen LogP contribution in [0.4, 0.5) is 4.79 Å². The fourth-order valence-corrected chi connectivity index (χ4v) is 1.57. The van der Waals surface area contributed by atoms with Crippen molar-refractivity contribution in [3.8, 4) is 0 Å². The molecule has 0 aliphatic rings. The summed E-state index contributed by atoms with van der Waals surface area (Å²) in [6, 6.07) is 8.19. The molecule has 0 bridgehead atoms. The summed E-state index contributed by atoms with van der Waals surface area (Å²) in [5.41, 5.74) is 6.19. The Balaban J connectivity index is 2.44. The second kappa shape index (κ2) is 8.13. The number of benzene rings is 1. The van der Waals surface area contributed by atoms with Gasteiger partial charge in [0.1, 0.15) is 6.04 Å². The van der Waals surface area contributed by atoms with Crippen LogP contribution in [0.2, 0.25) is 0 Å². The van der Waals surface area contributed by atoms with Crippen LogP contribution in [0.5, 0.6) is 0 Å². The van der Waals surface area contributed by atoms with Crippen LogP contribution in [-0.2, 0) is 11.3 Å². The number of rotatable bonds is 7. The number of nitrogens with zero attached hydrogens (tertiary/aromatic N) is 1. The highest BCUT2D eigenvalue weighted by Gasteiger charge is 2.14. The van der Waals surface area contributed by atoms with E-state index < -0.39 is 24.6 Å². The van der Waals surface area contributed by atoms with Gasteiger partial charge in [0.05, 0.1) is 6.61 Å². The number of hydrogen-bond acceptors (Lipinski definition) is 4. The van der Waals surface area contributed by atoms with Crippen molar-refractivity contribution in [1.29, 1.82) is 0 Å². The number of nitrogens with one attached hydrogen (secondary N) is 1. The van der Waals surface area contributed by atoms with Gasteiger partial charge in [-0.25, -0.2) is 4.79 Å². The molecule has 1 unspecified atom stereocenters. The number of carbonyl (C=O) groups is 2. The average Bonchev–Trinajstić information content (AvgIpc) is 2.46. The van der Waals surface area contributed by atoms with E-state index in [0.29, 0.717) is 0 Å². The Morgan fingerprint density at radius 3 is 2.50 bits per heavy atom. The highest BCUT2D eigenvalue weighted by molar-refractivity contribution is 5.81. The van der Waals surface area contributed by atoms with Gasteiger partial charge in [0.15, 0.2) is 0 Å². The van der Waals surface area contributed by atoms with Gasteiger partial charge in [0.25, 0.3) is 0 Å². The number of aliphatic hydroxyl groups excluding tert-OH is 1. The van der Waals surface area contributed by atoms with E-state index in [4.69, 9.17) is 15.9 Å². The Morgan fingerprint density at radius 2 is 1.95 bits per heavy atom. The summed E-state index contributed by atoms with van der Waals surface area (Å²) in [6.07, 6.45) is -1.06. The molecule has 5 N–H and O–H groups in total. The van der Waals surface area contributed by atoms with Gasteiger partial charge in [-0.05, 0) is 5.56 Å². The van der Waals surface area contributed by atoms with Gasteiger partial charge < -0.3 is 26.2 Å². The van der Waals surface area contributed by atoms with Crippen molar-refractivity contribution in [3.05, 3.63) is 35.9 Å². The van der Waals surface area contributed by atoms with E-state index in [9.17, 15) is 9.59 Å². The van der Waals surface area contributed by atoms with Crippen LogP contribution >= 0.6 is 0 Å². The van der Waals surface area contributed by atoms with Crippen LogP contribution in [0.25, 0.3) is 0 Å². The van der Waals surface area contributed by atoms with Gasteiger partial charge in [-0.15, -0.1) is 0 Å². The molecule has 110 valence electrons. The molecule has 2 amide bonds. The Hall–Kier alpha value is -2.12. The fraction of sp³-hybridized carbons (Fsp3) is 0.385. The number of carboxylic acid groups (broad SMARTS) is 1. The number of nitrogens with two attached hydrogens (primary N) is 1. The predicted molar refractivity (Wildman–Crippen MR) is 72.9 cm³/mol.